The van der Waals surface area contributed by atoms with Gasteiger partial charge in [-0.1, -0.05) is 13.8 Å². The predicted molar refractivity (Wildman–Crippen MR) is 105 cm³/mol. The summed E-state index contributed by atoms with van der Waals surface area (Å²) >= 11 is 6.67. The summed E-state index contributed by atoms with van der Waals surface area (Å²) in [6.45, 7) is 10.7. The second-order valence-electron chi connectivity index (χ2n) is 7.02. The Kier molecular flexibility index (Phi) is 7.74. The quantitative estimate of drug-likeness (QED) is 0.614. The number of nitrogens with one attached hydrogen (secondary N) is 2. The predicted octanol–water partition coefficient (Wildman–Crippen LogP) is 3.91. The maximum atomic E-state index is 12.8. The Bertz CT molecular complexity index is 671. The molecule has 0 aliphatic carbocycles. The van der Waals surface area contributed by atoms with Crippen molar-refractivity contribution in [1.29, 1.82) is 0 Å². The third-order valence-corrected chi connectivity index (χ3v) is 6.53. The SMILES string of the molecule is COc1cc(S(=O)(=O)N[C@@H](CNC(C)(C)C)C(C)C)c(Br)cc1Br. The van der Waals surface area contributed by atoms with E-state index in [-0.39, 0.29) is 22.4 Å². The molecule has 0 aromatic heterocycles. The fraction of sp³-hybridized carbons (Fsp3) is 0.625. The van der Waals surface area contributed by atoms with Gasteiger partial charge in [0.05, 0.1) is 16.5 Å². The Hall–Kier alpha value is -0.150. The van der Waals surface area contributed by atoms with Crippen molar-refractivity contribution in [2.24, 2.45) is 5.92 Å². The Labute approximate surface area is 162 Å². The van der Waals surface area contributed by atoms with Crippen LogP contribution in [0.3, 0.4) is 0 Å². The van der Waals surface area contributed by atoms with Gasteiger partial charge >= 0.3 is 0 Å². The van der Waals surface area contributed by atoms with Gasteiger partial charge in [0.2, 0.25) is 10.0 Å². The first-order valence-corrected chi connectivity index (χ1v) is 10.7. The normalized spacial score (nSPS) is 14.0. The highest BCUT2D eigenvalue weighted by atomic mass is 79.9. The minimum absolute atomic E-state index is 0.0833. The number of benzene rings is 1. The van der Waals surface area contributed by atoms with Crippen LogP contribution in [-0.4, -0.2) is 33.7 Å². The fourth-order valence-electron chi connectivity index (χ4n) is 1.97. The first-order valence-electron chi connectivity index (χ1n) is 7.68. The summed E-state index contributed by atoms with van der Waals surface area (Å²) in [4.78, 5) is 0.156. The Morgan fingerprint density at radius 2 is 1.75 bits per heavy atom. The molecule has 0 aliphatic rings. The summed E-state index contributed by atoms with van der Waals surface area (Å²) in [5, 5.41) is 3.35. The van der Waals surface area contributed by atoms with E-state index in [0.29, 0.717) is 21.2 Å². The van der Waals surface area contributed by atoms with Crippen molar-refractivity contribution in [3.05, 3.63) is 21.1 Å². The molecule has 8 heteroatoms. The van der Waals surface area contributed by atoms with Gasteiger partial charge in [0, 0.05) is 28.7 Å². The van der Waals surface area contributed by atoms with E-state index >= 15 is 0 Å². The first kappa shape index (κ1) is 21.9. The summed E-state index contributed by atoms with van der Waals surface area (Å²) in [7, 11) is -2.19. The average molecular weight is 486 g/mol. The molecule has 0 saturated heterocycles. The van der Waals surface area contributed by atoms with Crippen molar-refractivity contribution in [2.45, 2.75) is 51.1 Å². The fourth-order valence-corrected chi connectivity index (χ4v) is 5.22. The molecule has 0 saturated carbocycles. The summed E-state index contributed by atoms with van der Waals surface area (Å²) in [6, 6.07) is 2.95. The van der Waals surface area contributed by atoms with Crippen LogP contribution in [0.25, 0.3) is 0 Å². The lowest BCUT2D eigenvalue weighted by Gasteiger charge is -2.28. The molecule has 0 aliphatic heterocycles. The van der Waals surface area contributed by atoms with Crippen molar-refractivity contribution < 1.29 is 13.2 Å². The molecule has 0 bridgehead atoms. The molecule has 2 N–H and O–H groups in total. The number of rotatable bonds is 7. The standard InChI is InChI=1S/C16H26Br2N2O3S/c1-10(2)13(9-19-16(3,4)5)20-24(21,22)15-8-14(23-6)11(17)7-12(15)18/h7-8,10,13,19-20H,9H2,1-6H3/t13-/m0/s1. The smallest absolute Gasteiger partial charge is 0.242 e. The maximum Gasteiger partial charge on any atom is 0.242 e. The average Bonchev–Trinajstić information content (AvgIpc) is 2.42. The summed E-state index contributed by atoms with van der Waals surface area (Å²) in [6.07, 6.45) is 0. The van der Waals surface area contributed by atoms with Gasteiger partial charge in [0.1, 0.15) is 5.75 Å². The van der Waals surface area contributed by atoms with E-state index in [1.165, 1.54) is 13.2 Å². The van der Waals surface area contributed by atoms with Gasteiger partial charge in [-0.15, -0.1) is 0 Å². The minimum atomic E-state index is -3.69. The third kappa shape index (κ3) is 6.29. The number of hydrogen-bond donors (Lipinski definition) is 2. The second kappa shape index (κ2) is 8.49. The molecule has 1 atom stereocenters. The Balaban J connectivity index is 3.10. The van der Waals surface area contributed by atoms with Crippen molar-refractivity contribution >= 4 is 41.9 Å². The Morgan fingerprint density at radius 3 is 2.21 bits per heavy atom. The zero-order valence-electron chi connectivity index (χ0n) is 14.9. The van der Waals surface area contributed by atoms with Crippen LogP contribution >= 0.6 is 31.9 Å². The van der Waals surface area contributed by atoms with E-state index in [2.05, 4.69) is 62.7 Å². The number of sulfonamides is 1. The van der Waals surface area contributed by atoms with Crippen molar-refractivity contribution in [3.8, 4) is 5.75 Å². The molecular formula is C16H26Br2N2O3S. The van der Waals surface area contributed by atoms with Gasteiger partial charge < -0.3 is 10.1 Å². The number of methoxy groups -OCH3 is 1. The molecule has 1 aromatic carbocycles. The molecular weight excluding hydrogens is 460 g/mol. The molecule has 1 rings (SSSR count). The number of halogens is 2. The molecule has 138 valence electrons. The van der Waals surface area contributed by atoms with Crippen LogP contribution < -0.4 is 14.8 Å². The lowest BCUT2D eigenvalue weighted by Crippen LogP contribution is -2.49. The first-order chi connectivity index (χ1) is 10.9. The molecule has 0 amide bonds. The lowest BCUT2D eigenvalue weighted by atomic mass is 10.0. The van der Waals surface area contributed by atoms with Crippen LogP contribution in [-0.2, 0) is 10.0 Å². The van der Waals surface area contributed by atoms with E-state index in [0.717, 1.165) is 0 Å². The molecule has 0 heterocycles. The van der Waals surface area contributed by atoms with E-state index in [1.54, 1.807) is 6.07 Å². The summed E-state index contributed by atoms with van der Waals surface area (Å²) in [5.41, 5.74) is -0.0833. The second-order valence-corrected chi connectivity index (χ2v) is 10.4. The highest BCUT2D eigenvalue weighted by Gasteiger charge is 2.26. The van der Waals surface area contributed by atoms with Gasteiger partial charge in [-0.2, -0.15) is 0 Å². The molecule has 1 aromatic rings. The van der Waals surface area contributed by atoms with E-state index in [4.69, 9.17) is 4.74 Å². The highest BCUT2D eigenvalue weighted by Crippen LogP contribution is 2.34. The minimum Gasteiger partial charge on any atom is -0.496 e. The van der Waals surface area contributed by atoms with Crippen LogP contribution in [0.1, 0.15) is 34.6 Å². The third-order valence-electron chi connectivity index (χ3n) is 3.46. The summed E-state index contributed by atoms with van der Waals surface area (Å²) in [5.74, 6) is 0.609. The van der Waals surface area contributed by atoms with Crippen molar-refractivity contribution in [3.63, 3.8) is 0 Å². The zero-order valence-corrected chi connectivity index (χ0v) is 18.9. The lowest BCUT2D eigenvalue weighted by molar-refractivity contribution is 0.355. The van der Waals surface area contributed by atoms with Gasteiger partial charge in [0.25, 0.3) is 0 Å². The van der Waals surface area contributed by atoms with E-state index < -0.39 is 10.0 Å². The van der Waals surface area contributed by atoms with Gasteiger partial charge in [0.15, 0.2) is 0 Å². The monoisotopic (exact) mass is 484 g/mol. The number of hydrogen-bond acceptors (Lipinski definition) is 4. The zero-order chi connectivity index (χ0) is 18.7. The van der Waals surface area contributed by atoms with Crippen molar-refractivity contribution in [1.82, 2.24) is 10.0 Å². The molecule has 0 fully saturated rings. The molecule has 0 unspecified atom stereocenters. The highest BCUT2D eigenvalue weighted by molar-refractivity contribution is 9.11. The molecule has 5 nitrogen and oxygen atoms in total. The molecule has 24 heavy (non-hydrogen) atoms. The maximum absolute atomic E-state index is 12.8. The van der Waals surface area contributed by atoms with Crippen LogP contribution in [0.2, 0.25) is 0 Å². The summed E-state index contributed by atoms with van der Waals surface area (Å²) < 4.78 is 34.8. The molecule has 0 radical (unpaired) electrons. The molecule has 0 spiro atoms. The van der Waals surface area contributed by atoms with Crippen molar-refractivity contribution in [2.75, 3.05) is 13.7 Å². The largest absolute Gasteiger partial charge is 0.496 e. The van der Waals surface area contributed by atoms with Crippen LogP contribution in [0.5, 0.6) is 5.75 Å². The Morgan fingerprint density at radius 1 is 1.17 bits per heavy atom. The van der Waals surface area contributed by atoms with Gasteiger partial charge in [-0.25, -0.2) is 13.1 Å². The van der Waals surface area contributed by atoms with Crippen LogP contribution in [0.4, 0.5) is 0 Å². The van der Waals surface area contributed by atoms with Gasteiger partial charge in [-0.05, 0) is 64.6 Å². The van der Waals surface area contributed by atoms with Crippen LogP contribution in [0.15, 0.2) is 26.0 Å². The van der Waals surface area contributed by atoms with E-state index in [9.17, 15) is 8.42 Å². The number of ether oxygens (including phenoxy) is 1. The van der Waals surface area contributed by atoms with Crippen LogP contribution in [0, 0.1) is 5.92 Å². The van der Waals surface area contributed by atoms with E-state index in [1.807, 2.05) is 13.8 Å². The van der Waals surface area contributed by atoms with Gasteiger partial charge in [-0.3, -0.25) is 0 Å². The topological polar surface area (TPSA) is 67.4 Å².